The molecule has 0 spiro atoms. The van der Waals surface area contributed by atoms with Crippen molar-refractivity contribution in [3.05, 3.63) is 44.2 Å². The van der Waals surface area contributed by atoms with Crippen LogP contribution in [0, 0.1) is 0 Å². The van der Waals surface area contributed by atoms with E-state index in [1.807, 2.05) is 0 Å². The van der Waals surface area contributed by atoms with E-state index in [1.54, 1.807) is 24.3 Å². The second-order valence-electron chi connectivity index (χ2n) is 8.10. The molecule has 0 saturated carbocycles. The van der Waals surface area contributed by atoms with E-state index in [1.165, 1.54) is 6.07 Å². The number of ether oxygens (including phenoxy) is 1. The first-order valence-electron chi connectivity index (χ1n) is 10.6. The standard InChI is InChI=1S/C21H24BrCl2N3O4S2/c22-19-3-4-20(32-19)33(29,30)26-21(28)18-12-15(31-14-1-2-16(23)17(24)11-14)7-10-27(18)13-5-8-25-9-6-13/h1-4,11,13,15,18,25H,5-10,12H2,(H,26,28). The molecule has 1 aromatic heterocycles. The summed E-state index contributed by atoms with van der Waals surface area (Å²) in [6, 6.07) is 7.77. The van der Waals surface area contributed by atoms with Gasteiger partial charge in [-0.15, -0.1) is 11.3 Å². The van der Waals surface area contributed by atoms with Crippen molar-refractivity contribution in [3.8, 4) is 5.75 Å². The summed E-state index contributed by atoms with van der Waals surface area (Å²) in [5, 5.41) is 4.17. The van der Waals surface area contributed by atoms with Gasteiger partial charge in [0.25, 0.3) is 15.9 Å². The smallest absolute Gasteiger partial charge is 0.273 e. The molecule has 2 aliphatic heterocycles. The van der Waals surface area contributed by atoms with Gasteiger partial charge in [-0.2, -0.15) is 0 Å². The van der Waals surface area contributed by atoms with Crippen LogP contribution in [0.5, 0.6) is 5.75 Å². The first-order valence-corrected chi connectivity index (χ1v) is 14.5. The number of rotatable bonds is 6. The lowest BCUT2D eigenvalue weighted by Gasteiger charge is -2.44. The minimum Gasteiger partial charge on any atom is -0.490 e. The molecule has 7 nitrogen and oxygen atoms in total. The molecule has 2 aliphatic rings. The second kappa shape index (κ2) is 10.8. The number of hydrogen-bond donors (Lipinski definition) is 2. The molecule has 4 rings (SSSR count). The number of thiophene rings is 1. The number of nitrogens with zero attached hydrogens (tertiary/aromatic N) is 1. The first-order chi connectivity index (χ1) is 15.7. The number of nitrogens with one attached hydrogen (secondary N) is 2. The number of likely N-dealkylation sites (tertiary alicyclic amines) is 1. The summed E-state index contributed by atoms with van der Waals surface area (Å²) in [4.78, 5) is 15.4. The van der Waals surface area contributed by atoms with Crippen molar-refractivity contribution in [1.82, 2.24) is 14.9 Å². The van der Waals surface area contributed by atoms with E-state index in [0.717, 1.165) is 43.7 Å². The van der Waals surface area contributed by atoms with Crippen molar-refractivity contribution < 1.29 is 17.9 Å². The highest BCUT2D eigenvalue weighted by Crippen LogP contribution is 2.31. The lowest BCUT2D eigenvalue weighted by atomic mass is 9.93. The Balaban J connectivity index is 1.52. The van der Waals surface area contributed by atoms with Gasteiger partial charge >= 0.3 is 0 Å². The van der Waals surface area contributed by atoms with Crippen LogP contribution in [-0.4, -0.2) is 57.0 Å². The monoisotopic (exact) mass is 595 g/mol. The van der Waals surface area contributed by atoms with E-state index in [-0.39, 0.29) is 16.4 Å². The predicted molar refractivity (Wildman–Crippen MR) is 134 cm³/mol. The first kappa shape index (κ1) is 25.2. The lowest BCUT2D eigenvalue weighted by Crippen LogP contribution is -2.58. The Morgan fingerprint density at radius 3 is 2.58 bits per heavy atom. The summed E-state index contributed by atoms with van der Waals surface area (Å²) < 4.78 is 34.8. The highest BCUT2D eigenvalue weighted by atomic mass is 79.9. The zero-order chi connectivity index (χ0) is 23.6. The fourth-order valence-corrected chi connectivity index (χ4v) is 7.64. The lowest BCUT2D eigenvalue weighted by molar-refractivity contribution is -0.129. The van der Waals surface area contributed by atoms with Crippen LogP contribution >= 0.6 is 50.5 Å². The number of carbonyl (C=O) groups excluding carboxylic acids is 1. The average Bonchev–Trinajstić information content (AvgIpc) is 3.24. The molecule has 2 aromatic rings. The molecule has 1 amide bonds. The van der Waals surface area contributed by atoms with Crippen molar-refractivity contribution in [2.75, 3.05) is 19.6 Å². The van der Waals surface area contributed by atoms with Crippen molar-refractivity contribution in [2.45, 2.75) is 48.1 Å². The predicted octanol–water partition coefficient (Wildman–Crippen LogP) is 4.29. The van der Waals surface area contributed by atoms with Gasteiger partial charge < -0.3 is 10.1 Å². The second-order valence-corrected chi connectivity index (χ2v) is 13.3. The maximum atomic E-state index is 13.3. The minimum atomic E-state index is -3.95. The van der Waals surface area contributed by atoms with Gasteiger partial charge in [0.15, 0.2) is 0 Å². The summed E-state index contributed by atoms with van der Waals surface area (Å²) >= 11 is 16.4. The molecule has 2 N–H and O–H groups in total. The number of carbonyl (C=O) groups is 1. The van der Waals surface area contributed by atoms with Crippen molar-refractivity contribution in [2.24, 2.45) is 0 Å². The molecule has 2 fully saturated rings. The molecule has 0 bridgehead atoms. The number of halogens is 3. The van der Waals surface area contributed by atoms with Gasteiger partial charge in [0.1, 0.15) is 16.1 Å². The fourth-order valence-electron chi connectivity index (χ4n) is 4.33. The topological polar surface area (TPSA) is 87.7 Å². The van der Waals surface area contributed by atoms with E-state index in [4.69, 9.17) is 27.9 Å². The largest absolute Gasteiger partial charge is 0.490 e. The molecule has 1 aromatic carbocycles. The Morgan fingerprint density at radius 2 is 1.91 bits per heavy atom. The molecular formula is C21H24BrCl2N3O4S2. The third-order valence-electron chi connectivity index (χ3n) is 5.92. The SMILES string of the molecule is O=C(NS(=O)(=O)c1ccc(Br)s1)C1CC(Oc2ccc(Cl)c(Cl)c2)CCN1C1CCNCC1. The molecule has 180 valence electrons. The summed E-state index contributed by atoms with van der Waals surface area (Å²) in [7, 11) is -3.95. The van der Waals surface area contributed by atoms with Gasteiger partial charge in [0.05, 0.1) is 19.9 Å². The Morgan fingerprint density at radius 1 is 1.15 bits per heavy atom. The molecule has 0 aliphatic carbocycles. The molecule has 3 heterocycles. The van der Waals surface area contributed by atoms with Crippen LogP contribution in [0.15, 0.2) is 38.3 Å². The van der Waals surface area contributed by atoms with Gasteiger partial charge in [0.2, 0.25) is 0 Å². The zero-order valence-corrected chi connectivity index (χ0v) is 22.3. The van der Waals surface area contributed by atoms with E-state index < -0.39 is 22.0 Å². The Hall–Kier alpha value is -0.880. The minimum absolute atomic E-state index is 0.0931. The molecule has 2 atom stereocenters. The number of sulfonamides is 1. The van der Waals surface area contributed by atoms with E-state index in [2.05, 4.69) is 30.9 Å². The quantitative estimate of drug-likeness (QED) is 0.517. The average molecular weight is 597 g/mol. The number of amides is 1. The molecule has 2 unspecified atom stereocenters. The van der Waals surface area contributed by atoms with Crippen LogP contribution in [0.2, 0.25) is 10.0 Å². The summed E-state index contributed by atoms with van der Waals surface area (Å²) in [6.45, 7) is 2.39. The normalized spacial score (nSPS) is 22.8. The van der Waals surface area contributed by atoms with Gasteiger partial charge in [-0.1, -0.05) is 23.2 Å². The highest BCUT2D eigenvalue weighted by molar-refractivity contribution is 9.11. The molecule has 0 radical (unpaired) electrons. The molecular weight excluding hydrogens is 573 g/mol. The Bertz CT molecular complexity index is 1110. The van der Waals surface area contributed by atoms with Crippen molar-refractivity contribution in [3.63, 3.8) is 0 Å². The van der Waals surface area contributed by atoms with Gasteiger partial charge in [-0.05, 0) is 72.5 Å². The Labute approximate surface area is 216 Å². The van der Waals surface area contributed by atoms with Gasteiger partial charge in [0, 0.05) is 25.1 Å². The maximum absolute atomic E-state index is 13.3. The van der Waals surface area contributed by atoms with Gasteiger partial charge in [-0.3, -0.25) is 9.69 Å². The Kier molecular flexibility index (Phi) is 8.26. The maximum Gasteiger partial charge on any atom is 0.273 e. The fraction of sp³-hybridized carbons (Fsp3) is 0.476. The van der Waals surface area contributed by atoms with Crippen LogP contribution in [0.25, 0.3) is 0 Å². The number of benzene rings is 1. The molecule has 33 heavy (non-hydrogen) atoms. The molecule has 2 saturated heterocycles. The third-order valence-corrected chi connectivity index (χ3v) is 10.1. The summed E-state index contributed by atoms with van der Waals surface area (Å²) in [6.07, 6.45) is 2.66. The summed E-state index contributed by atoms with van der Waals surface area (Å²) in [5.41, 5.74) is 0. The highest BCUT2D eigenvalue weighted by Gasteiger charge is 2.40. The number of hydrogen-bond acceptors (Lipinski definition) is 7. The van der Waals surface area contributed by atoms with E-state index >= 15 is 0 Å². The van der Waals surface area contributed by atoms with Crippen LogP contribution in [0.4, 0.5) is 0 Å². The van der Waals surface area contributed by atoms with E-state index in [0.29, 0.717) is 32.5 Å². The van der Waals surface area contributed by atoms with Crippen LogP contribution < -0.4 is 14.8 Å². The van der Waals surface area contributed by atoms with E-state index in [9.17, 15) is 13.2 Å². The van der Waals surface area contributed by atoms with Crippen LogP contribution in [0.3, 0.4) is 0 Å². The van der Waals surface area contributed by atoms with Crippen LogP contribution in [-0.2, 0) is 14.8 Å². The third kappa shape index (κ3) is 6.22. The van der Waals surface area contributed by atoms with Gasteiger partial charge in [-0.25, -0.2) is 13.1 Å². The molecule has 12 heteroatoms. The zero-order valence-electron chi connectivity index (χ0n) is 17.6. The van der Waals surface area contributed by atoms with Crippen LogP contribution in [0.1, 0.15) is 25.7 Å². The summed E-state index contributed by atoms with van der Waals surface area (Å²) in [5.74, 6) is 0.0421. The van der Waals surface area contributed by atoms with Crippen molar-refractivity contribution in [1.29, 1.82) is 0 Å². The van der Waals surface area contributed by atoms with Crippen molar-refractivity contribution >= 4 is 66.4 Å². The number of piperidine rings is 2.